The van der Waals surface area contributed by atoms with Gasteiger partial charge in [-0.3, -0.25) is 14.5 Å². The molecule has 14 heteroatoms. The Morgan fingerprint density at radius 1 is 1.23 bits per heavy atom. The number of likely N-dealkylation sites (tertiary alicyclic amines) is 1. The number of methoxy groups -OCH3 is 1. The zero-order valence-electron chi connectivity index (χ0n) is 28.4. The van der Waals surface area contributed by atoms with Crippen LogP contribution in [0.1, 0.15) is 64.2 Å². The largest absolute Gasteiger partial charge is 0.430 e. The van der Waals surface area contributed by atoms with Crippen LogP contribution in [0.15, 0.2) is 18.5 Å². The van der Waals surface area contributed by atoms with Gasteiger partial charge in [0.15, 0.2) is 17.3 Å². The van der Waals surface area contributed by atoms with Crippen molar-refractivity contribution in [3.8, 4) is 17.4 Å². The van der Waals surface area contributed by atoms with Crippen molar-refractivity contribution in [2.75, 3.05) is 64.4 Å². The predicted molar refractivity (Wildman–Crippen MR) is 174 cm³/mol. The minimum Gasteiger partial charge on any atom is -0.430 e. The molecule has 1 amide bonds. The molecule has 2 fully saturated rings. The average molecular weight is 660 g/mol. The topological polar surface area (TPSA) is 142 Å². The molecule has 4 rings (SSSR count). The number of aromatic nitrogens is 3. The molecule has 1 aromatic carbocycles. The molecule has 0 bridgehead atoms. The third-order valence-electron chi connectivity index (χ3n) is 9.07. The van der Waals surface area contributed by atoms with Crippen LogP contribution in [-0.2, 0) is 9.53 Å². The molecule has 47 heavy (non-hydrogen) atoms. The van der Waals surface area contributed by atoms with Crippen molar-refractivity contribution >= 4 is 18.2 Å². The van der Waals surface area contributed by atoms with Crippen molar-refractivity contribution in [1.82, 2.24) is 30.3 Å². The van der Waals surface area contributed by atoms with Crippen molar-refractivity contribution in [2.24, 2.45) is 11.3 Å². The van der Waals surface area contributed by atoms with Gasteiger partial charge in [-0.25, -0.2) is 9.37 Å². The molecule has 0 unspecified atom stereocenters. The summed E-state index contributed by atoms with van der Waals surface area (Å²) >= 11 is 0. The van der Waals surface area contributed by atoms with Gasteiger partial charge < -0.3 is 34.4 Å². The molecule has 2 saturated heterocycles. The number of carbonyl (C=O) groups excluding carboxylic acids is 2. The maximum Gasteiger partial charge on any atom is 0.298 e. The Morgan fingerprint density at radius 2 is 2.00 bits per heavy atom. The highest BCUT2D eigenvalue weighted by molar-refractivity contribution is 5.98. The monoisotopic (exact) mass is 659 g/mol. The number of ether oxygens (including phenoxy) is 3. The third-order valence-corrected chi connectivity index (χ3v) is 9.07. The van der Waals surface area contributed by atoms with E-state index in [0.29, 0.717) is 37.5 Å². The smallest absolute Gasteiger partial charge is 0.298 e. The molecule has 0 radical (unpaired) electrons. The summed E-state index contributed by atoms with van der Waals surface area (Å²) in [6, 6.07) is 2.36. The van der Waals surface area contributed by atoms with Gasteiger partial charge >= 0.3 is 0 Å². The highest BCUT2D eigenvalue weighted by Gasteiger charge is 2.50. The predicted octanol–water partition coefficient (Wildman–Crippen LogP) is 3.12. The zero-order valence-corrected chi connectivity index (χ0v) is 28.4. The minimum atomic E-state index is -0.747. The fraction of sp³-hybridized carbons (Fsp3) is 0.667. The maximum atomic E-state index is 14.7. The van der Waals surface area contributed by atoms with Crippen LogP contribution in [0.2, 0.25) is 0 Å². The molecule has 1 spiro atoms. The number of anilines is 1. The molecule has 2 atom stereocenters. The first-order chi connectivity index (χ1) is 22.5. The molecule has 0 aliphatic carbocycles. The van der Waals surface area contributed by atoms with E-state index in [2.05, 4.69) is 44.1 Å². The Kier molecular flexibility index (Phi) is 12.8. The van der Waals surface area contributed by atoms with Gasteiger partial charge in [0, 0.05) is 69.9 Å². The number of halogens is 1. The quantitative estimate of drug-likeness (QED) is 0.179. The molecular formula is C33H50FN7O6. The van der Waals surface area contributed by atoms with Crippen LogP contribution in [0.5, 0.6) is 17.4 Å². The summed E-state index contributed by atoms with van der Waals surface area (Å²) in [4.78, 5) is 35.6. The molecular weight excluding hydrogens is 609 g/mol. The molecule has 3 heterocycles. The van der Waals surface area contributed by atoms with E-state index in [9.17, 15) is 19.1 Å². The Bertz CT molecular complexity index is 1340. The Hall–Kier alpha value is -3.46. The Balaban J connectivity index is 1.46. The third kappa shape index (κ3) is 8.92. The molecule has 2 N–H and O–H groups in total. The summed E-state index contributed by atoms with van der Waals surface area (Å²) in [6.07, 6.45) is 3.89. The van der Waals surface area contributed by atoms with Crippen molar-refractivity contribution in [3.05, 3.63) is 29.8 Å². The summed E-state index contributed by atoms with van der Waals surface area (Å²) in [5, 5.41) is 21.3. The van der Waals surface area contributed by atoms with Crippen LogP contribution in [0.4, 0.5) is 10.2 Å². The lowest BCUT2D eigenvalue weighted by Crippen LogP contribution is -2.62. The highest BCUT2D eigenvalue weighted by Crippen LogP contribution is 2.45. The second-order valence-electron chi connectivity index (χ2n) is 13.2. The average Bonchev–Trinajstić information content (AvgIpc) is 3.46. The van der Waals surface area contributed by atoms with Crippen LogP contribution in [0.25, 0.3) is 0 Å². The van der Waals surface area contributed by atoms with Crippen LogP contribution >= 0.6 is 0 Å². The minimum absolute atomic E-state index is 0.0351. The van der Waals surface area contributed by atoms with Crippen molar-refractivity contribution in [1.29, 1.82) is 0 Å². The van der Waals surface area contributed by atoms with E-state index >= 15 is 0 Å². The van der Waals surface area contributed by atoms with Crippen molar-refractivity contribution in [3.63, 3.8) is 0 Å². The Morgan fingerprint density at radius 3 is 2.66 bits per heavy atom. The van der Waals surface area contributed by atoms with Crippen LogP contribution in [0, 0.1) is 17.2 Å². The van der Waals surface area contributed by atoms with Crippen molar-refractivity contribution in [2.45, 2.75) is 72.1 Å². The van der Waals surface area contributed by atoms with E-state index in [1.807, 2.05) is 20.8 Å². The van der Waals surface area contributed by atoms with E-state index in [1.54, 1.807) is 12.0 Å². The van der Waals surface area contributed by atoms with Gasteiger partial charge in [-0.15, -0.1) is 10.2 Å². The molecule has 13 nitrogen and oxygen atoms in total. The number of amides is 1. The molecule has 2 aliphatic rings. The number of hydrogen-bond donors (Lipinski definition) is 2. The number of aliphatic hydroxyl groups is 1. The maximum absolute atomic E-state index is 14.7. The zero-order chi connectivity index (χ0) is 34.1. The lowest BCUT2D eigenvalue weighted by Gasteiger charge is -2.53. The van der Waals surface area contributed by atoms with E-state index < -0.39 is 17.8 Å². The number of carbonyl (C=O) groups is 2. The molecule has 260 valence electrons. The van der Waals surface area contributed by atoms with E-state index in [0.717, 1.165) is 64.1 Å². The van der Waals surface area contributed by atoms with Crippen LogP contribution in [0.3, 0.4) is 0 Å². The molecule has 1 aromatic heterocycles. The summed E-state index contributed by atoms with van der Waals surface area (Å²) in [6.45, 7) is 15.7. The van der Waals surface area contributed by atoms with Gasteiger partial charge in [-0.1, -0.05) is 13.8 Å². The molecule has 0 saturated carbocycles. The summed E-state index contributed by atoms with van der Waals surface area (Å²) in [5.74, 6) is -0.598. The van der Waals surface area contributed by atoms with Gasteiger partial charge in [0.1, 0.15) is 12.1 Å². The van der Waals surface area contributed by atoms with Gasteiger partial charge in [0.2, 0.25) is 0 Å². The van der Waals surface area contributed by atoms with E-state index in [1.165, 1.54) is 6.33 Å². The first kappa shape index (κ1) is 36.4. The second kappa shape index (κ2) is 16.6. The van der Waals surface area contributed by atoms with E-state index in [-0.39, 0.29) is 40.9 Å². The first-order valence-electron chi connectivity index (χ1n) is 16.5. The first-order valence-corrected chi connectivity index (χ1v) is 16.5. The van der Waals surface area contributed by atoms with E-state index in [4.69, 9.17) is 14.2 Å². The fourth-order valence-corrected chi connectivity index (χ4v) is 6.83. The van der Waals surface area contributed by atoms with Gasteiger partial charge in [0.05, 0.1) is 18.3 Å². The van der Waals surface area contributed by atoms with Gasteiger partial charge in [0.25, 0.3) is 18.3 Å². The Labute approximate surface area is 276 Å². The summed E-state index contributed by atoms with van der Waals surface area (Å²) in [7, 11) is 1.58. The van der Waals surface area contributed by atoms with Crippen molar-refractivity contribution < 1.29 is 33.3 Å². The number of nitrogens with one attached hydrogen (secondary N) is 1. The van der Waals surface area contributed by atoms with Gasteiger partial charge in [-0.2, -0.15) is 0 Å². The number of rotatable bonds is 18. The van der Waals surface area contributed by atoms with Gasteiger partial charge in [-0.05, 0) is 58.6 Å². The molecule has 2 aromatic rings. The number of nitrogens with zero attached hydrogens (tertiary/aromatic N) is 6. The normalized spacial score (nSPS) is 17.2. The summed E-state index contributed by atoms with van der Waals surface area (Å²) < 4.78 is 30.9. The number of aliphatic hydroxyl groups excluding tert-OH is 1. The number of hydrogen-bond acceptors (Lipinski definition) is 12. The number of benzene rings is 1. The standard InChI is InChI=1S/C33H50FN7O6/c1-7-41(23(4)5)32(44)26-13-24(34)14-28(46-21-42)29(26)47-31-30(36-20-37-38-31)39-12-10-33(17-39)18-40(19-33)27(22(2)3)9-8-11-35-15-25(43)16-45-6/h13-14,20-23,25,27,35,43H,7-12,15-19H2,1-6H3/t25-,27+/m0/s1. The lowest BCUT2D eigenvalue weighted by molar-refractivity contribution is -0.120. The second-order valence-corrected chi connectivity index (χ2v) is 13.2. The SMILES string of the molecule is CCN(C(=O)c1cc(F)cc(OC=O)c1Oc1nncnc1N1CCC2(C1)CN([C@H](CCCNC[C@H](O)COC)C(C)C)C2)C(C)C. The lowest BCUT2D eigenvalue weighted by atomic mass is 9.76. The molecule has 2 aliphatic heterocycles. The highest BCUT2D eigenvalue weighted by atomic mass is 19.1. The van der Waals surface area contributed by atoms with Crippen LogP contribution < -0.4 is 19.7 Å². The summed E-state index contributed by atoms with van der Waals surface area (Å²) in [5.41, 5.74) is 0.00198. The van der Waals surface area contributed by atoms with Crippen LogP contribution in [-0.4, -0.2) is 120 Å². The fourth-order valence-electron chi connectivity index (χ4n) is 6.83.